The first-order valence-electron chi connectivity index (χ1n) is 14.9. The number of fused-ring (bicyclic) bond motifs is 5. The van der Waals surface area contributed by atoms with Crippen molar-refractivity contribution in [2.24, 2.45) is 5.41 Å². The Morgan fingerprint density at radius 1 is 0.841 bits per heavy atom. The van der Waals surface area contributed by atoms with E-state index in [1.165, 1.54) is 48.5 Å². The summed E-state index contributed by atoms with van der Waals surface area (Å²) in [5.41, 5.74) is 9.94. The Bertz CT molecular complexity index is 2210. The summed E-state index contributed by atoms with van der Waals surface area (Å²) in [7, 11) is 0. The fourth-order valence-electron chi connectivity index (χ4n) is 6.12. The average Bonchev–Trinajstić information content (AvgIpc) is 3.57. The monoisotopic (exact) mass is 770 g/mol. The van der Waals surface area contributed by atoms with E-state index in [1.54, 1.807) is 0 Å². The summed E-state index contributed by atoms with van der Waals surface area (Å²) in [6.07, 6.45) is 4.95. The molecule has 0 spiro atoms. The number of thiophene rings is 1. The molecule has 8 aromatic rings. The summed E-state index contributed by atoms with van der Waals surface area (Å²) in [6.45, 7) is 13.5. The minimum atomic E-state index is 0. The van der Waals surface area contributed by atoms with E-state index in [0.29, 0.717) is 0 Å². The van der Waals surface area contributed by atoms with Crippen molar-refractivity contribution in [2.75, 3.05) is 0 Å². The fourth-order valence-corrected chi connectivity index (χ4v) is 7.03. The molecule has 0 aliphatic carbocycles. The van der Waals surface area contributed by atoms with Gasteiger partial charge in [-0.2, -0.15) is 0 Å². The molecule has 0 aliphatic heterocycles. The van der Waals surface area contributed by atoms with Crippen LogP contribution in [0.5, 0.6) is 0 Å². The Balaban J connectivity index is 0.000000174. The van der Waals surface area contributed by atoms with Gasteiger partial charge in [0.25, 0.3) is 0 Å². The van der Waals surface area contributed by atoms with Crippen LogP contribution < -0.4 is 0 Å². The number of hydrogen-bond acceptors (Lipinski definition) is 3. The van der Waals surface area contributed by atoms with Gasteiger partial charge in [0.05, 0.1) is 5.52 Å². The molecule has 0 saturated heterocycles. The van der Waals surface area contributed by atoms with Crippen LogP contribution >= 0.6 is 11.3 Å². The molecule has 0 aliphatic rings. The SMILES string of the molecule is CC(C)(C)Cc1cc2ccnc3c4[c-]ccc5c6sccc6n(c(c1)c23)c45.CC(C)(C)c1ccc(-c2[c-]cccc2)nc1.[Ir]. The van der Waals surface area contributed by atoms with E-state index in [1.807, 2.05) is 54.1 Å². The van der Waals surface area contributed by atoms with Crippen molar-refractivity contribution in [3.63, 3.8) is 0 Å². The van der Waals surface area contributed by atoms with E-state index in [-0.39, 0.29) is 30.9 Å². The summed E-state index contributed by atoms with van der Waals surface area (Å²) in [5, 5.41) is 7.14. The van der Waals surface area contributed by atoms with Crippen LogP contribution in [0.25, 0.3) is 59.6 Å². The van der Waals surface area contributed by atoms with Crippen molar-refractivity contribution in [1.29, 1.82) is 0 Å². The molecule has 0 fully saturated rings. The van der Waals surface area contributed by atoms with E-state index in [4.69, 9.17) is 4.98 Å². The maximum atomic E-state index is 4.78. The number of aromatic nitrogens is 3. The van der Waals surface area contributed by atoms with Gasteiger partial charge in [0.1, 0.15) is 0 Å². The van der Waals surface area contributed by atoms with Crippen molar-refractivity contribution in [3.8, 4) is 11.3 Å². The second kappa shape index (κ2) is 11.4. The standard InChI is InChI=1S/C24H19N2S.C15H16N.Ir/c1-24(2,3)13-14-11-15-7-9-25-21-16-5-4-6-17-22(16)26(19(12-14)20(15)21)18-8-10-27-23(17)18;1-15(2,3)13-9-10-14(16-11-13)12-7-5-4-6-8-12;/h4,6-12H,13H2,1-3H3;4-7,9-11H,1-3H3;/q2*-1;. The number of hydrogen-bond donors (Lipinski definition) is 0. The van der Waals surface area contributed by atoms with Crippen LogP contribution in [0.15, 0.2) is 90.6 Å². The third-order valence-electron chi connectivity index (χ3n) is 8.05. The van der Waals surface area contributed by atoms with Gasteiger partial charge in [-0.15, -0.1) is 70.8 Å². The molecule has 1 radical (unpaired) electrons. The second-order valence-corrected chi connectivity index (χ2v) is 14.6. The van der Waals surface area contributed by atoms with Crippen molar-refractivity contribution < 1.29 is 20.1 Å². The average molecular weight is 770 g/mol. The molecule has 5 heterocycles. The maximum Gasteiger partial charge on any atom is 0.0545 e. The first-order chi connectivity index (χ1) is 20.6. The molecule has 44 heavy (non-hydrogen) atoms. The molecule has 3 aromatic carbocycles. The van der Waals surface area contributed by atoms with Gasteiger partial charge in [-0.1, -0.05) is 65.1 Å². The van der Waals surface area contributed by atoms with E-state index < -0.39 is 0 Å². The molecular formula is C39H35IrN3S-2. The third kappa shape index (κ3) is 5.43. The normalized spacial score (nSPS) is 12.2. The number of rotatable bonds is 2. The topological polar surface area (TPSA) is 30.2 Å². The van der Waals surface area contributed by atoms with Gasteiger partial charge in [0, 0.05) is 42.7 Å². The molecule has 0 amide bonds. The quantitative estimate of drug-likeness (QED) is 0.0996. The zero-order valence-corrected chi connectivity index (χ0v) is 29.2. The van der Waals surface area contributed by atoms with Crippen LogP contribution in [-0.2, 0) is 31.9 Å². The molecular weight excluding hydrogens is 735 g/mol. The summed E-state index contributed by atoms with van der Waals surface area (Å²) < 4.78 is 3.79. The van der Waals surface area contributed by atoms with Crippen LogP contribution in [0.1, 0.15) is 52.7 Å². The van der Waals surface area contributed by atoms with E-state index in [2.05, 4.69) is 111 Å². The first kappa shape index (κ1) is 30.4. The molecule has 5 heteroatoms. The minimum absolute atomic E-state index is 0. The molecule has 5 aromatic heterocycles. The van der Waals surface area contributed by atoms with Crippen LogP contribution in [0.2, 0.25) is 0 Å². The van der Waals surface area contributed by atoms with Gasteiger partial charge in [-0.25, -0.2) is 0 Å². The Hall–Kier alpha value is -3.63. The zero-order chi connectivity index (χ0) is 29.9. The largest absolute Gasteiger partial charge is 0.350 e. The van der Waals surface area contributed by atoms with Crippen LogP contribution in [-0.4, -0.2) is 14.4 Å². The van der Waals surface area contributed by atoms with Crippen LogP contribution in [0, 0.1) is 17.5 Å². The molecule has 0 saturated carbocycles. The van der Waals surface area contributed by atoms with E-state index >= 15 is 0 Å². The number of pyridine rings is 3. The molecule has 223 valence electrons. The number of nitrogens with zero attached hydrogens (tertiary/aromatic N) is 3. The van der Waals surface area contributed by atoms with Gasteiger partial charge in [0.2, 0.25) is 0 Å². The molecule has 0 N–H and O–H groups in total. The summed E-state index contributed by atoms with van der Waals surface area (Å²) in [6, 6.07) is 32.1. The van der Waals surface area contributed by atoms with Gasteiger partial charge >= 0.3 is 0 Å². The Kier molecular flexibility index (Phi) is 7.86. The molecule has 0 unspecified atom stereocenters. The fraction of sp³-hybridized carbons (Fsp3) is 0.231. The third-order valence-corrected chi connectivity index (χ3v) is 8.99. The zero-order valence-electron chi connectivity index (χ0n) is 26.0. The second-order valence-electron chi connectivity index (χ2n) is 13.7. The molecule has 3 nitrogen and oxygen atoms in total. The Labute approximate surface area is 276 Å². The van der Waals surface area contributed by atoms with Gasteiger partial charge in [-0.3, -0.25) is 0 Å². The molecule has 8 rings (SSSR count). The summed E-state index contributed by atoms with van der Waals surface area (Å²) in [4.78, 5) is 9.26. The predicted octanol–water partition coefficient (Wildman–Crippen LogP) is 10.7. The smallest absolute Gasteiger partial charge is 0.0545 e. The van der Waals surface area contributed by atoms with Gasteiger partial charge in [0.15, 0.2) is 0 Å². The van der Waals surface area contributed by atoms with E-state index in [9.17, 15) is 0 Å². The molecule has 0 bridgehead atoms. The Morgan fingerprint density at radius 2 is 1.68 bits per heavy atom. The number of benzene rings is 3. The Morgan fingerprint density at radius 3 is 2.39 bits per heavy atom. The summed E-state index contributed by atoms with van der Waals surface area (Å²) in [5.74, 6) is 0. The van der Waals surface area contributed by atoms with Crippen molar-refractivity contribution in [3.05, 3.63) is 114 Å². The van der Waals surface area contributed by atoms with Crippen LogP contribution in [0.4, 0.5) is 0 Å². The van der Waals surface area contributed by atoms with Crippen molar-refractivity contribution >= 4 is 59.6 Å². The summed E-state index contributed by atoms with van der Waals surface area (Å²) >= 11 is 1.82. The maximum absolute atomic E-state index is 4.78. The van der Waals surface area contributed by atoms with Gasteiger partial charge in [-0.05, 0) is 79.5 Å². The predicted molar refractivity (Wildman–Crippen MR) is 183 cm³/mol. The van der Waals surface area contributed by atoms with Crippen LogP contribution in [0.3, 0.4) is 0 Å². The molecule has 0 atom stereocenters. The minimum Gasteiger partial charge on any atom is -0.350 e. The van der Waals surface area contributed by atoms with Gasteiger partial charge < -0.3 is 14.4 Å². The van der Waals surface area contributed by atoms with E-state index in [0.717, 1.165) is 28.6 Å². The van der Waals surface area contributed by atoms with Crippen molar-refractivity contribution in [2.45, 2.75) is 53.4 Å². The first-order valence-corrected chi connectivity index (χ1v) is 15.7. The van der Waals surface area contributed by atoms with Crippen molar-refractivity contribution in [1.82, 2.24) is 14.4 Å².